The molecule has 0 saturated heterocycles. The van der Waals surface area contributed by atoms with E-state index in [1.165, 1.54) is 50.6 Å². The second-order valence-corrected chi connectivity index (χ2v) is 7.66. The van der Waals surface area contributed by atoms with E-state index in [0.29, 0.717) is 22.5 Å². The molecule has 0 aliphatic heterocycles. The van der Waals surface area contributed by atoms with Gasteiger partial charge in [0.05, 0.1) is 31.1 Å². The fraction of sp³-hybridized carbons (Fsp3) is 0.115. The number of carbonyl (C=O) groups excluding carboxylic acids is 1. The molecule has 3 aromatic carbocycles. The van der Waals surface area contributed by atoms with Gasteiger partial charge < -0.3 is 19.2 Å². The van der Waals surface area contributed by atoms with E-state index in [-0.39, 0.29) is 22.9 Å². The number of allylic oxidation sites excluding steroid dienone is 1. The molecule has 0 radical (unpaired) electrons. The van der Waals surface area contributed by atoms with Crippen LogP contribution >= 0.6 is 0 Å². The monoisotopic (exact) mass is 476 g/mol. The number of non-ortho nitro benzene ring substituents is 1. The van der Waals surface area contributed by atoms with Crippen molar-refractivity contribution in [2.24, 2.45) is 0 Å². The number of nitrogens with zero attached hydrogens (tertiary/aromatic N) is 1. The zero-order valence-electron chi connectivity index (χ0n) is 19.1. The smallest absolute Gasteiger partial charge is 0.271 e. The number of ether oxygens (including phenoxy) is 2. The Morgan fingerprint density at radius 1 is 1.06 bits per heavy atom. The zero-order chi connectivity index (χ0) is 25.1. The number of halogens is 1. The van der Waals surface area contributed by atoms with Gasteiger partial charge in [0.2, 0.25) is 5.91 Å². The number of carbonyl (C=O) groups is 1. The predicted octanol–water partition coefficient (Wildman–Crippen LogP) is 6.21. The molecule has 0 bridgehead atoms. The van der Waals surface area contributed by atoms with Gasteiger partial charge in [-0.2, -0.15) is 0 Å². The van der Waals surface area contributed by atoms with Crippen molar-refractivity contribution in [3.05, 3.63) is 88.4 Å². The number of hydrogen-bond donors (Lipinski definition) is 1. The van der Waals surface area contributed by atoms with E-state index < -0.39 is 10.8 Å². The fourth-order valence-corrected chi connectivity index (χ4v) is 3.74. The van der Waals surface area contributed by atoms with Crippen LogP contribution in [0.3, 0.4) is 0 Å². The minimum Gasteiger partial charge on any atom is -0.496 e. The fourth-order valence-electron chi connectivity index (χ4n) is 3.74. The third-order valence-corrected chi connectivity index (χ3v) is 5.48. The van der Waals surface area contributed by atoms with E-state index in [2.05, 4.69) is 5.32 Å². The highest BCUT2D eigenvalue weighted by molar-refractivity contribution is 6.06. The largest absolute Gasteiger partial charge is 0.496 e. The lowest BCUT2D eigenvalue weighted by Gasteiger charge is -2.11. The third kappa shape index (κ3) is 4.84. The van der Waals surface area contributed by atoms with Gasteiger partial charge >= 0.3 is 0 Å². The SMILES string of the molecule is COc1ccc([N+](=O)[O-])cc1NC(=O)/C=C(\C)c1cc2c(-c3ccc(F)cc3)coc2cc1OC. The summed E-state index contributed by atoms with van der Waals surface area (Å²) < 4.78 is 29.8. The molecule has 1 amide bonds. The van der Waals surface area contributed by atoms with Crippen LogP contribution in [0.2, 0.25) is 0 Å². The maximum Gasteiger partial charge on any atom is 0.271 e. The zero-order valence-corrected chi connectivity index (χ0v) is 19.1. The standard InChI is InChI=1S/C26H21FN2O6/c1-15(10-26(30)28-22-11-18(29(31)32)8-9-23(22)33-2)19-12-20-21(16-4-6-17(27)7-5-16)14-35-25(20)13-24(19)34-3/h4-14H,1-3H3,(H,28,30)/b15-10+. The molecule has 8 nitrogen and oxygen atoms in total. The molecular formula is C26H21FN2O6. The highest BCUT2D eigenvalue weighted by Gasteiger charge is 2.16. The molecule has 35 heavy (non-hydrogen) atoms. The maximum atomic E-state index is 13.4. The number of hydrogen-bond acceptors (Lipinski definition) is 6. The van der Waals surface area contributed by atoms with Crippen LogP contribution in [0, 0.1) is 15.9 Å². The lowest BCUT2D eigenvalue weighted by atomic mass is 9.99. The first-order chi connectivity index (χ1) is 16.8. The van der Waals surface area contributed by atoms with Gasteiger partial charge in [-0.1, -0.05) is 12.1 Å². The maximum absolute atomic E-state index is 13.4. The second kappa shape index (κ2) is 9.68. The van der Waals surface area contributed by atoms with Gasteiger partial charge in [-0.05, 0) is 42.3 Å². The molecule has 0 saturated carbocycles. The lowest BCUT2D eigenvalue weighted by molar-refractivity contribution is -0.384. The summed E-state index contributed by atoms with van der Waals surface area (Å²) in [6, 6.07) is 13.5. The molecule has 1 aromatic heterocycles. The average Bonchev–Trinajstić information content (AvgIpc) is 3.26. The molecule has 0 aliphatic carbocycles. The Bertz CT molecular complexity index is 1460. The van der Waals surface area contributed by atoms with Crippen LogP contribution in [-0.2, 0) is 4.79 Å². The Balaban J connectivity index is 1.70. The van der Waals surface area contributed by atoms with Crippen molar-refractivity contribution in [2.45, 2.75) is 6.92 Å². The highest BCUT2D eigenvalue weighted by Crippen LogP contribution is 2.37. The Morgan fingerprint density at radius 2 is 1.77 bits per heavy atom. The number of nitro benzene ring substituents is 1. The molecule has 4 rings (SSSR count). The molecule has 0 spiro atoms. The third-order valence-electron chi connectivity index (χ3n) is 5.48. The Morgan fingerprint density at radius 3 is 2.43 bits per heavy atom. The van der Waals surface area contributed by atoms with Gasteiger partial charge in [-0.25, -0.2) is 4.39 Å². The summed E-state index contributed by atoms with van der Waals surface area (Å²) in [6.45, 7) is 1.74. The van der Waals surface area contributed by atoms with Crippen molar-refractivity contribution < 1.29 is 28.0 Å². The van der Waals surface area contributed by atoms with Crippen molar-refractivity contribution in [3.8, 4) is 22.6 Å². The Kier molecular flexibility index (Phi) is 6.50. The van der Waals surface area contributed by atoms with Gasteiger partial charge in [0.15, 0.2) is 0 Å². The number of benzene rings is 3. The first-order valence-corrected chi connectivity index (χ1v) is 10.5. The average molecular weight is 476 g/mol. The number of methoxy groups -OCH3 is 2. The molecule has 1 heterocycles. The quantitative estimate of drug-likeness (QED) is 0.193. The van der Waals surface area contributed by atoms with Crippen molar-refractivity contribution in [1.82, 2.24) is 0 Å². The van der Waals surface area contributed by atoms with Crippen LogP contribution in [0.1, 0.15) is 12.5 Å². The van der Waals surface area contributed by atoms with Gasteiger partial charge in [-0.3, -0.25) is 14.9 Å². The van der Waals surface area contributed by atoms with Crippen LogP contribution < -0.4 is 14.8 Å². The van der Waals surface area contributed by atoms with E-state index in [9.17, 15) is 19.3 Å². The van der Waals surface area contributed by atoms with Gasteiger partial charge in [0, 0.05) is 40.8 Å². The molecule has 0 atom stereocenters. The normalized spacial score (nSPS) is 11.4. The number of anilines is 1. The van der Waals surface area contributed by atoms with Gasteiger partial charge in [-0.15, -0.1) is 0 Å². The number of nitrogens with one attached hydrogen (secondary N) is 1. The number of nitro groups is 1. The molecule has 178 valence electrons. The van der Waals surface area contributed by atoms with Crippen LogP contribution in [0.4, 0.5) is 15.8 Å². The number of amides is 1. The van der Waals surface area contributed by atoms with Crippen molar-refractivity contribution in [3.63, 3.8) is 0 Å². The summed E-state index contributed by atoms with van der Waals surface area (Å²) in [7, 11) is 2.91. The van der Waals surface area contributed by atoms with Crippen LogP contribution in [0.5, 0.6) is 11.5 Å². The van der Waals surface area contributed by atoms with Crippen molar-refractivity contribution >= 4 is 33.8 Å². The first kappa shape index (κ1) is 23.5. The van der Waals surface area contributed by atoms with Gasteiger partial charge in [0.1, 0.15) is 22.9 Å². The number of furan rings is 1. The summed E-state index contributed by atoms with van der Waals surface area (Å²) in [5.41, 5.74) is 3.33. The predicted molar refractivity (Wildman–Crippen MR) is 130 cm³/mol. The molecule has 0 aliphatic rings. The van der Waals surface area contributed by atoms with Gasteiger partial charge in [0.25, 0.3) is 5.69 Å². The molecule has 0 unspecified atom stereocenters. The number of fused-ring (bicyclic) bond motifs is 1. The number of rotatable bonds is 7. The highest BCUT2D eigenvalue weighted by atomic mass is 19.1. The summed E-state index contributed by atoms with van der Waals surface area (Å²) >= 11 is 0. The van der Waals surface area contributed by atoms with E-state index in [0.717, 1.165) is 16.5 Å². The lowest BCUT2D eigenvalue weighted by Crippen LogP contribution is -2.10. The second-order valence-electron chi connectivity index (χ2n) is 7.66. The van der Waals surface area contributed by atoms with E-state index >= 15 is 0 Å². The molecule has 0 fully saturated rings. The van der Waals surface area contributed by atoms with Crippen LogP contribution in [0.25, 0.3) is 27.7 Å². The molecule has 9 heteroatoms. The first-order valence-electron chi connectivity index (χ1n) is 10.5. The van der Waals surface area contributed by atoms with E-state index in [1.54, 1.807) is 31.4 Å². The topological polar surface area (TPSA) is 104 Å². The molecule has 1 N–H and O–H groups in total. The Hall–Kier alpha value is -4.66. The Labute approximate surface area is 199 Å². The van der Waals surface area contributed by atoms with Crippen LogP contribution in [-0.4, -0.2) is 25.1 Å². The van der Waals surface area contributed by atoms with E-state index in [4.69, 9.17) is 13.9 Å². The van der Waals surface area contributed by atoms with E-state index in [1.807, 2.05) is 6.07 Å². The minimum absolute atomic E-state index is 0.173. The van der Waals surface area contributed by atoms with Crippen molar-refractivity contribution in [2.75, 3.05) is 19.5 Å². The minimum atomic E-state index is -0.556. The van der Waals surface area contributed by atoms with Crippen LogP contribution in [0.15, 0.2) is 71.4 Å². The summed E-state index contributed by atoms with van der Waals surface area (Å²) in [5.74, 6) is -0.0631. The van der Waals surface area contributed by atoms with Crippen molar-refractivity contribution in [1.29, 1.82) is 0 Å². The summed E-state index contributed by atoms with van der Waals surface area (Å²) in [6.07, 6.45) is 2.95. The molecular weight excluding hydrogens is 455 g/mol. The molecule has 4 aromatic rings. The summed E-state index contributed by atoms with van der Waals surface area (Å²) in [5, 5.41) is 14.5. The summed E-state index contributed by atoms with van der Waals surface area (Å²) in [4.78, 5) is 23.3.